The van der Waals surface area contributed by atoms with Gasteiger partial charge < -0.3 is 5.11 Å². The van der Waals surface area contributed by atoms with Crippen molar-refractivity contribution in [2.45, 2.75) is 18.7 Å². The number of anilines is 2. The number of hydrazone groups is 1. The molecule has 0 aliphatic rings. The Labute approximate surface area is 217 Å². The fourth-order valence-electron chi connectivity index (χ4n) is 3.72. The molecule has 12 nitrogen and oxygen atoms in total. The van der Waals surface area contributed by atoms with Crippen molar-refractivity contribution in [3.05, 3.63) is 105 Å². The molecule has 4 rings (SSSR count). The summed E-state index contributed by atoms with van der Waals surface area (Å²) in [4.78, 5) is 21.9. The van der Waals surface area contributed by atoms with Gasteiger partial charge in [-0.1, -0.05) is 30.3 Å². The topological polar surface area (TPSA) is 169 Å². The van der Waals surface area contributed by atoms with Crippen LogP contribution < -0.4 is 10.1 Å². The summed E-state index contributed by atoms with van der Waals surface area (Å²) in [7, 11) is -4.34. The molecule has 0 aliphatic carbocycles. The number of para-hydroxylation sites is 2. The van der Waals surface area contributed by atoms with Gasteiger partial charge in [0.25, 0.3) is 15.7 Å². The number of nitrogens with zero attached hydrogens (tertiary/aromatic N) is 4. The third-order valence-corrected chi connectivity index (χ3v) is 6.97. The SMILES string of the molecule is Cc1nn(-c2ccccc2)c(C)c1/C=N/Nc1ccc(S(=O)(=O)Nc2ccccc2C(=O)O)cc1[N+](=O)[O-]. The third kappa shape index (κ3) is 5.37. The van der Waals surface area contributed by atoms with Gasteiger partial charge in [0.15, 0.2) is 0 Å². The van der Waals surface area contributed by atoms with E-state index in [1.807, 2.05) is 44.2 Å². The molecular formula is C25H22N6O6S. The van der Waals surface area contributed by atoms with Crippen LogP contribution in [-0.2, 0) is 10.0 Å². The van der Waals surface area contributed by atoms with Gasteiger partial charge in [-0.05, 0) is 50.2 Å². The maximum Gasteiger partial charge on any atom is 0.337 e. The Bertz CT molecular complexity index is 1670. The highest BCUT2D eigenvalue weighted by Gasteiger charge is 2.23. The van der Waals surface area contributed by atoms with Gasteiger partial charge in [0.2, 0.25) is 0 Å². The monoisotopic (exact) mass is 534 g/mol. The zero-order valence-corrected chi connectivity index (χ0v) is 21.0. The minimum Gasteiger partial charge on any atom is -0.478 e. The number of aryl methyl sites for hydroxylation is 1. The molecule has 0 saturated carbocycles. The Morgan fingerprint density at radius 2 is 1.74 bits per heavy atom. The molecule has 0 aliphatic heterocycles. The Kier molecular flexibility index (Phi) is 7.21. The van der Waals surface area contributed by atoms with Crippen LogP contribution in [0.15, 0.2) is 82.8 Å². The zero-order valence-electron chi connectivity index (χ0n) is 20.2. The van der Waals surface area contributed by atoms with Gasteiger partial charge >= 0.3 is 5.97 Å². The van der Waals surface area contributed by atoms with E-state index in [0.29, 0.717) is 11.3 Å². The molecule has 13 heteroatoms. The fourth-order valence-corrected chi connectivity index (χ4v) is 4.81. The highest BCUT2D eigenvalue weighted by atomic mass is 32.2. The molecule has 0 fully saturated rings. The molecule has 0 atom stereocenters. The molecule has 0 spiro atoms. The predicted molar refractivity (Wildman–Crippen MR) is 142 cm³/mol. The summed E-state index contributed by atoms with van der Waals surface area (Å²) in [5.41, 5.74) is 4.67. The summed E-state index contributed by atoms with van der Waals surface area (Å²) in [6, 6.07) is 18.2. The van der Waals surface area contributed by atoms with E-state index in [4.69, 9.17) is 0 Å². The van der Waals surface area contributed by atoms with E-state index in [1.165, 1.54) is 36.5 Å². The van der Waals surface area contributed by atoms with Crippen LogP contribution in [0.3, 0.4) is 0 Å². The Balaban J connectivity index is 1.59. The zero-order chi connectivity index (χ0) is 27.4. The molecule has 0 saturated heterocycles. The molecule has 38 heavy (non-hydrogen) atoms. The van der Waals surface area contributed by atoms with E-state index in [2.05, 4.69) is 20.3 Å². The molecule has 0 bridgehead atoms. The Hall–Kier alpha value is -5.04. The summed E-state index contributed by atoms with van der Waals surface area (Å²) in [6.07, 6.45) is 1.48. The Morgan fingerprint density at radius 1 is 1.05 bits per heavy atom. The average molecular weight is 535 g/mol. The minimum absolute atomic E-state index is 0.0399. The van der Waals surface area contributed by atoms with E-state index < -0.39 is 31.5 Å². The number of sulfonamides is 1. The van der Waals surface area contributed by atoms with E-state index in [1.54, 1.807) is 4.68 Å². The van der Waals surface area contributed by atoms with Crippen LogP contribution in [-0.4, -0.2) is 40.4 Å². The van der Waals surface area contributed by atoms with Gasteiger partial charge in [-0.2, -0.15) is 10.2 Å². The second-order valence-corrected chi connectivity index (χ2v) is 9.78. The normalized spacial score (nSPS) is 11.4. The molecule has 0 amide bonds. The Morgan fingerprint density at radius 3 is 2.42 bits per heavy atom. The second-order valence-electron chi connectivity index (χ2n) is 8.09. The number of nitro groups is 1. The minimum atomic E-state index is -4.34. The number of nitro benzene ring substituents is 1. The molecule has 1 aromatic heterocycles. The van der Waals surface area contributed by atoms with Crippen LogP contribution in [0.25, 0.3) is 5.69 Å². The number of carbonyl (C=O) groups is 1. The molecule has 3 aromatic carbocycles. The maximum absolute atomic E-state index is 12.9. The fraction of sp³-hybridized carbons (Fsp3) is 0.0800. The third-order valence-electron chi connectivity index (χ3n) is 5.60. The van der Waals surface area contributed by atoms with E-state index >= 15 is 0 Å². The van der Waals surface area contributed by atoms with Crippen LogP contribution in [0, 0.1) is 24.0 Å². The second kappa shape index (κ2) is 10.5. The number of carboxylic acid groups (broad SMARTS) is 1. The number of rotatable bonds is 9. The van der Waals surface area contributed by atoms with E-state index in [9.17, 15) is 28.4 Å². The summed E-state index contributed by atoms with van der Waals surface area (Å²) in [6.45, 7) is 3.68. The molecular weight excluding hydrogens is 512 g/mol. The van der Waals surface area contributed by atoms with Crippen LogP contribution in [0.4, 0.5) is 17.1 Å². The lowest BCUT2D eigenvalue weighted by Crippen LogP contribution is -2.16. The number of hydrogen-bond donors (Lipinski definition) is 3. The van der Waals surface area contributed by atoms with Crippen molar-refractivity contribution in [1.82, 2.24) is 9.78 Å². The number of aromatic carboxylic acids is 1. The van der Waals surface area contributed by atoms with Crippen LogP contribution >= 0.6 is 0 Å². The van der Waals surface area contributed by atoms with E-state index in [-0.39, 0.29) is 16.9 Å². The summed E-state index contributed by atoms with van der Waals surface area (Å²) >= 11 is 0. The lowest BCUT2D eigenvalue weighted by atomic mass is 10.2. The molecule has 0 unspecified atom stereocenters. The van der Waals surface area contributed by atoms with Gasteiger partial charge in [0.1, 0.15) is 5.69 Å². The van der Waals surface area contributed by atoms with Gasteiger partial charge in [-0.15, -0.1) is 0 Å². The van der Waals surface area contributed by atoms with Crippen molar-refractivity contribution >= 4 is 39.3 Å². The number of benzene rings is 3. The van der Waals surface area contributed by atoms with Crippen molar-refractivity contribution < 1.29 is 23.2 Å². The van der Waals surface area contributed by atoms with Gasteiger partial charge in [-0.25, -0.2) is 17.9 Å². The predicted octanol–water partition coefficient (Wildman–Crippen LogP) is 4.34. The van der Waals surface area contributed by atoms with Crippen molar-refractivity contribution in [3.8, 4) is 5.69 Å². The molecule has 3 N–H and O–H groups in total. The summed E-state index contributed by atoms with van der Waals surface area (Å²) in [5.74, 6) is -1.33. The highest BCUT2D eigenvalue weighted by Crippen LogP contribution is 2.29. The number of carboxylic acids is 1. The highest BCUT2D eigenvalue weighted by molar-refractivity contribution is 7.92. The average Bonchev–Trinajstić information content (AvgIpc) is 3.17. The first-order chi connectivity index (χ1) is 18.1. The first-order valence-corrected chi connectivity index (χ1v) is 12.6. The first-order valence-electron chi connectivity index (χ1n) is 11.1. The molecule has 1 heterocycles. The smallest absolute Gasteiger partial charge is 0.337 e. The van der Waals surface area contributed by atoms with Crippen LogP contribution in [0.2, 0.25) is 0 Å². The van der Waals surface area contributed by atoms with E-state index in [0.717, 1.165) is 23.5 Å². The summed E-state index contributed by atoms with van der Waals surface area (Å²) < 4.78 is 29.7. The largest absolute Gasteiger partial charge is 0.478 e. The number of hydrogen-bond acceptors (Lipinski definition) is 8. The molecule has 194 valence electrons. The van der Waals surface area contributed by atoms with Gasteiger partial charge in [-0.3, -0.25) is 20.3 Å². The van der Waals surface area contributed by atoms with Crippen LogP contribution in [0.1, 0.15) is 27.3 Å². The molecule has 4 aromatic rings. The quantitative estimate of drug-likeness (QED) is 0.162. The van der Waals surface area contributed by atoms with Crippen LogP contribution in [0.5, 0.6) is 0 Å². The van der Waals surface area contributed by atoms with Crippen molar-refractivity contribution in [3.63, 3.8) is 0 Å². The lowest BCUT2D eigenvalue weighted by molar-refractivity contribution is -0.384. The standard InChI is InChI=1S/C25H22N6O6S/c1-16-21(17(2)30(28-16)18-8-4-3-5-9-18)15-26-27-23-13-12-19(14-24(23)31(34)35)38(36,37)29-22-11-7-6-10-20(22)25(32)33/h3-15,27,29H,1-2H3,(H,32,33)/b26-15+. The molecule has 0 radical (unpaired) electrons. The maximum atomic E-state index is 12.9. The number of nitrogens with one attached hydrogen (secondary N) is 2. The van der Waals surface area contributed by atoms with Crippen molar-refractivity contribution in [2.75, 3.05) is 10.1 Å². The van der Waals surface area contributed by atoms with Gasteiger partial charge in [0.05, 0.1) is 44.4 Å². The number of aromatic nitrogens is 2. The van der Waals surface area contributed by atoms with Crippen molar-refractivity contribution in [1.29, 1.82) is 0 Å². The van der Waals surface area contributed by atoms with Gasteiger partial charge in [0, 0.05) is 11.6 Å². The lowest BCUT2D eigenvalue weighted by Gasteiger charge is -2.11. The summed E-state index contributed by atoms with van der Waals surface area (Å²) in [5, 5.41) is 29.6. The van der Waals surface area contributed by atoms with Crippen molar-refractivity contribution in [2.24, 2.45) is 5.10 Å². The first kappa shape index (κ1) is 26.0.